The Morgan fingerprint density at radius 3 is 3.12 bits per heavy atom. The third-order valence-electron chi connectivity index (χ3n) is 2.33. The van der Waals surface area contributed by atoms with E-state index in [2.05, 4.69) is 5.16 Å². The van der Waals surface area contributed by atoms with E-state index in [1.807, 2.05) is 25.1 Å². The summed E-state index contributed by atoms with van der Waals surface area (Å²) in [6.07, 6.45) is -0.657. The van der Waals surface area contributed by atoms with Crippen molar-refractivity contribution in [2.24, 2.45) is 5.73 Å². The van der Waals surface area contributed by atoms with Crippen molar-refractivity contribution in [1.82, 2.24) is 5.16 Å². The van der Waals surface area contributed by atoms with Crippen LogP contribution in [0.5, 0.6) is 5.75 Å². The largest absolute Gasteiger partial charge is 0.490 e. The first-order valence-corrected chi connectivity index (χ1v) is 5.08. The van der Waals surface area contributed by atoms with E-state index in [1.54, 1.807) is 0 Å². The van der Waals surface area contributed by atoms with Gasteiger partial charge in [0.2, 0.25) is 0 Å². The normalized spacial score (nSPS) is 12.9. The van der Waals surface area contributed by atoms with Crippen LogP contribution in [0.2, 0.25) is 0 Å². The molecule has 1 atom stereocenters. The lowest BCUT2D eigenvalue weighted by Gasteiger charge is -2.10. The van der Waals surface area contributed by atoms with Crippen LogP contribution < -0.4 is 10.5 Å². The summed E-state index contributed by atoms with van der Waals surface area (Å²) in [4.78, 5) is 0. The van der Waals surface area contributed by atoms with Crippen LogP contribution in [0.15, 0.2) is 22.7 Å². The number of rotatable bonds is 4. The van der Waals surface area contributed by atoms with Crippen LogP contribution in [-0.2, 0) is 0 Å². The molecule has 0 saturated carbocycles. The number of fused-ring (bicyclic) bond motifs is 1. The van der Waals surface area contributed by atoms with Gasteiger partial charge in [-0.3, -0.25) is 0 Å². The first-order chi connectivity index (χ1) is 7.72. The summed E-state index contributed by atoms with van der Waals surface area (Å²) in [5.41, 5.74) is 6.75. The number of ether oxygens (including phenoxy) is 1. The Balaban J connectivity index is 2.26. The zero-order valence-electron chi connectivity index (χ0n) is 9.01. The molecule has 1 unspecified atom stereocenters. The number of hydrogen-bond donors (Lipinski definition) is 2. The molecule has 2 rings (SSSR count). The molecule has 16 heavy (non-hydrogen) atoms. The maximum atomic E-state index is 9.32. The van der Waals surface area contributed by atoms with E-state index >= 15 is 0 Å². The lowest BCUT2D eigenvalue weighted by atomic mass is 10.2. The van der Waals surface area contributed by atoms with Crippen LogP contribution in [0.4, 0.5) is 0 Å². The van der Waals surface area contributed by atoms with Gasteiger partial charge in [-0.2, -0.15) is 0 Å². The standard InChI is InChI=1S/C11H14N2O3/c1-7-11-9(15-6-8(14)5-12)3-2-4-10(11)16-13-7/h2-4,8,14H,5-6,12H2,1H3. The number of nitrogens with zero attached hydrogens (tertiary/aromatic N) is 1. The highest BCUT2D eigenvalue weighted by atomic mass is 16.5. The number of hydrogen-bond acceptors (Lipinski definition) is 5. The quantitative estimate of drug-likeness (QED) is 0.800. The molecule has 0 fully saturated rings. The minimum atomic E-state index is -0.657. The molecule has 1 aromatic heterocycles. The van der Waals surface area contributed by atoms with Gasteiger partial charge in [-0.1, -0.05) is 11.2 Å². The Morgan fingerprint density at radius 2 is 2.38 bits per heavy atom. The molecule has 0 aliphatic carbocycles. The van der Waals surface area contributed by atoms with Crippen LogP contribution in [0.1, 0.15) is 5.69 Å². The fourth-order valence-corrected chi connectivity index (χ4v) is 1.48. The average Bonchev–Trinajstić information content (AvgIpc) is 2.69. The molecule has 0 aliphatic heterocycles. The van der Waals surface area contributed by atoms with Crippen molar-refractivity contribution in [1.29, 1.82) is 0 Å². The van der Waals surface area contributed by atoms with Crippen LogP contribution in [0.25, 0.3) is 11.0 Å². The van der Waals surface area contributed by atoms with Crippen LogP contribution in [-0.4, -0.2) is 29.5 Å². The zero-order valence-corrected chi connectivity index (χ0v) is 9.01. The van der Waals surface area contributed by atoms with Crippen molar-refractivity contribution in [3.05, 3.63) is 23.9 Å². The van der Waals surface area contributed by atoms with Gasteiger partial charge in [-0.05, 0) is 19.1 Å². The molecule has 3 N–H and O–H groups in total. The Bertz CT molecular complexity index is 481. The second kappa shape index (κ2) is 4.51. The van der Waals surface area contributed by atoms with Gasteiger partial charge in [0.15, 0.2) is 5.58 Å². The van der Waals surface area contributed by atoms with Gasteiger partial charge in [0.25, 0.3) is 0 Å². The second-order valence-electron chi connectivity index (χ2n) is 3.60. The molecule has 0 aliphatic rings. The second-order valence-corrected chi connectivity index (χ2v) is 3.60. The van der Waals surface area contributed by atoms with E-state index in [4.69, 9.17) is 15.0 Å². The maximum Gasteiger partial charge on any atom is 0.170 e. The Hall–Kier alpha value is -1.59. The first-order valence-electron chi connectivity index (χ1n) is 5.08. The SMILES string of the molecule is Cc1noc2cccc(OCC(O)CN)c12. The molecule has 2 aromatic rings. The topological polar surface area (TPSA) is 81.5 Å². The summed E-state index contributed by atoms with van der Waals surface area (Å²) in [6.45, 7) is 2.19. The number of aliphatic hydroxyl groups excluding tert-OH is 1. The number of aromatic nitrogens is 1. The fourth-order valence-electron chi connectivity index (χ4n) is 1.48. The minimum absolute atomic E-state index is 0.167. The molecule has 5 nitrogen and oxygen atoms in total. The summed E-state index contributed by atoms with van der Waals surface area (Å²) >= 11 is 0. The van der Waals surface area contributed by atoms with Crippen molar-refractivity contribution >= 4 is 11.0 Å². The van der Waals surface area contributed by atoms with Crippen molar-refractivity contribution in [2.45, 2.75) is 13.0 Å². The van der Waals surface area contributed by atoms with E-state index in [9.17, 15) is 5.11 Å². The molecule has 0 amide bonds. The predicted molar refractivity (Wildman–Crippen MR) is 59.3 cm³/mol. The fraction of sp³-hybridized carbons (Fsp3) is 0.364. The molecular weight excluding hydrogens is 208 g/mol. The highest BCUT2D eigenvalue weighted by molar-refractivity contribution is 5.85. The van der Waals surface area contributed by atoms with Gasteiger partial charge in [-0.25, -0.2) is 0 Å². The summed E-state index contributed by atoms with van der Waals surface area (Å²) < 4.78 is 10.6. The summed E-state index contributed by atoms with van der Waals surface area (Å²) in [6, 6.07) is 5.45. The summed E-state index contributed by atoms with van der Waals surface area (Å²) in [7, 11) is 0. The minimum Gasteiger partial charge on any atom is -0.490 e. The average molecular weight is 222 g/mol. The lowest BCUT2D eigenvalue weighted by molar-refractivity contribution is 0.115. The molecule has 5 heteroatoms. The van der Waals surface area contributed by atoms with Gasteiger partial charge in [0.1, 0.15) is 18.5 Å². The van der Waals surface area contributed by atoms with Crippen molar-refractivity contribution in [2.75, 3.05) is 13.2 Å². The maximum absolute atomic E-state index is 9.32. The van der Waals surface area contributed by atoms with E-state index in [0.29, 0.717) is 11.3 Å². The van der Waals surface area contributed by atoms with Gasteiger partial charge in [0, 0.05) is 6.54 Å². The lowest BCUT2D eigenvalue weighted by Crippen LogP contribution is -2.26. The Labute approximate surface area is 92.8 Å². The Morgan fingerprint density at radius 1 is 1.56 bits per heavy atom. The molecule has 0 spiro atoms. The number of benzene rings is 1. The molecular formula is C11H14N2O3. The van der Waals surface area contributed by atoms with Gasteiger partial charge in [-0.15, -0.1) is 0 Å². The van der Waals surface area contributed by atoms with Gasteiger partial charge < -0.3 is 20.1 Å². The van der Waals surface area contributed by atoms with Crippen LogP contribution in [0, 0.1) is 6.92 Å². The Kier molecular flexibility index (Phi) is 3.07. The van der Waals surface area contributed by atoms with E-state index in [0.717, 1.165) is 11.1 Å². The molecule has 1 aromatic carbocycles. The van der Waals surface area contributed by atoms with E-state index < -0.39 is 6.10 Å². The smallest absolute Gasteiger partial charge is 0.170 e. The monoisotopic (exact) mass is 222 g/mol. The summed E-state index contributed by atoms with van der Waals surface area (Å²) in [5, 5.41) is 14.0. The van der Waals surface area contributed by atoms with Gasteiger partial charge in [0.05, 0.1) is 11.1 Å². The van der Waals surface area contributed by atoms with Crippen molar-refractivity contribution < 1.29 is 14.4 Å². The van der Waals surface area contributed by atoms with E-state index in [1.165, 1.54) is 0 Å². The molecule has 0 radical (unpaired) electrons. The number of aryl methyl sites for hydroxylation is 1. The highest BCUT2D eigenvalue weighted by Gasteiger charge is 2.11. The zero-order chi connectivity index (χ0) is 11.5. The van der Waals surface area contributed by atoms with Crippen LogP contribution >= 0.6 is 0 Å². The van der Waals surface area contributed by atoms with Crippen molar-refractivity contribution in [3.8, 4) is 5.75 Å². The predicted octanol–water partition coefficient (Wildman–Crippen LogP) is 0.835. The van der Waals surface area contributed by atoms with E-state index in [-0.39, 0.29) is 13.2 Å². The number of nitrogens with two attached hydrogens (primary N) is 1. The summed E-state index contributed by atoms with van der Waals surface area (Å²) in [5.74, 6) is 0.656. The third-order valence-corrected chi connectivity index (χ3v) is 2.33. The highest BCUT2D eigenvalue weighted by Crippen LogP contribution is 2.28. The number of aliphatic hydroxyl groups is 1. The van der Waals surface area contributed by atoms with Crippen molar-refractivity contribution in [3.63, 3.8) is 0 Å². The molecule has 0 bridgehead atoms. The molecule has 86 valence electrons. The van der Waals surface area contributed by atoms with Crippen LogP contribution in [0.3, 0.4) is 0 Å². The molecule has 0 saturated heterocycles. The van der Waals surface area contributed by atoms with Gasteiger partial charge >= 0.3 is 0 Å². The molecule has 1 heterocycles. The first kappa shape index (κ1) is 10.9. The third kappa shape index (κ3) is 2.00.